The second-order valence-corrected chi connectivity index (χ2v) is 5.66. The first kappa shape index (κ1) is 15.9. The van der Waals surface area contributed by atoms with Gasteiger partial charge in [-0.25, -0.2) is 4.79 Å². The summed E-state index contributed by atoms with van der Waals surface area (Å²) in [5.74, 6) is -0.339. The molecule has 0 atom stereocenters. The molecule has 0 aliphatic carbocycles. The lowest BCUT2D eigenvalue weighted by atomic mass is 10.0. The van der Waals surface area contributed by atoms with Crippen molar-refractivity contribution in [1.82, 2.24) is 4.98 Å². The van der Waals surface area contributed by atoms with Crippen molar-refractivity contribution in [3.05, 3.63) is 89.7 Å². The summed E-state index contributed by atoms with van der Waals surface area (Å²) < 4.78 is 5.45. The van der Waals surface area contributed by atoms with Crippen molar-refractivity contribution in [2.75, 3.05) is 6.61 Å². The lowest BCUT2D eigenvalue weighted by Gasteiger charge is -2.09. The Balaban J connectivity index is 1.68. The zero-order chi connectivity index (χ0) is 16.8. The van der Waals surface area contributed by atoms with Crippen molar-refractivity contribution in [3.8, 4) is 11.1 Å². The predicted molar refractivity (Wildman–Crippen MR) is 94.8 cm³/mol. The number of aromatic nitrogens is 1. The summed E-state index contributed by atoms with van der Waals surface area (Å²) in [6.07, 6.45) is 3.95. The van der Waals surface area contributed by atoms with Crippen LogP contribution in [0, 0.1) is 6.92 Å². The van der Waals surface area contributed by atoms with Crippen LogP contribution in [-0.2, 0) is 11.2 Å². The number of rotatable bonds is 5. The molecule has 0 bridgehead atoms. The highest BCUT2D eigenvalue weighted by atomic mass is 16.5. The summed E-state index contributed by atoms with van der Waals surface area (Å²) >= 11 is 0. The Bertz CT molecular complexity index is 811. The third-order valence-corrected chi connectivity index (χ3v) is 3.87. The second-order valence-electron chi connectivity index (χ2n) is 5.66. The minimum Gasteiger partial charge on any atom is -0.462 e. The number of hydrogen-bond acceptors (Lipinski definition) is 3. The first-order valence-electron chi connectivity index (χ1n) is 7.96. The van der Waals surface area contributed by atoms with Gasteiger partial charge in [-0.05, 0) is 29.7 Å². The van der Waals surface area contributed by atoms with Gasteiger partial charge < -0.3 is 4.74 Å². The summed E-state index contributed by atoms with van der Waals surface area (Å²) in [5, 5.41) is 0. The van der Waals surface area contributed by atoms with Gasteiger partial charge in [0.25, 0.3) is 0 Å². The molecule has 0 amide bonds. The summed E-state index contributed by atoms with van der Waals surface area (Å²) in [6.45, 7) is 2.41. The van der Waals surface area contributed by atoms with E-state index in [1.165, 1.54) is 5.56 Å². The zero-order valence-corrected chi connectivity index (χ0v) is 13.6. The molecule has 0 saturated heterocycles. The van der Waals surface area contributed by atoms with Crippen molar-refractivity contribution >= 4 is 5.97 Å². The van der Waals surface area contributed by atoms with Crippen LogP contribution in [0.15, 0.2) is 73.1 Å². The molecule has 24 heavy (non-hydrogen) atoms. The molecule has 0 N–H and O–H groups in total. The summed E-state index contributed by atoms with van der Waals surface area (Å²) in [4.78, 5) is 16.5. The van der Waals surface area contributed by atoms with Crippen LogP contribution < -0.4 is 0 Å². The number of carbonyl (C=O) groups excluding carboxylic acids is 1. The van der Waals surface area contributed by atoms with E-state index in [1.54, 1.807) is 12.4 Å². The van der Waals surface area contributed by atoms with Gasteiger partial charge in [0.1, 0.15) is 0 Å². The SMILES string of the molecule is Cc1ccc(CCOC(=O)c2cnccc2-c2ccccc2)cc1. The van der Waals surface area contributed by atoms with Crippen LogP contribution in [-0.4, -0.2) is 17.6 Å². The predicted octanol–water partition coefficient (Wildman–Crippen LogP) is 4.46. The summed E-state index contributed by atoms with van der Waals surface area (Å²) in [6, 6.07) is 19.9. The van der Waals surface area contributed by atoms with Gasteiger partial charge in [0.05, 0.1) is 12.2 Å². The van der Waals surface area contributed by atoms with Crippen molar-refractivity contribution in [2.24, 2.45) is 0 Å². The molecule has 3 heteroatoms. The molecule has 1 aromatic heterocycles. The molecule has 0 aliphatic heterocycles. The Hall–Kier alpha value is -2.94. The molecule has 0 saturated carbocycles. The Morgan fingerprint density at radius 3 is 2.50 bits per heavy atom. The number of pyridine rings is 1. The van der Waals surface area contributed by atoms with Gasteiger partial charge in [0, 0.05) is 18.8 Å². The molecule has 3 nitrogen and oxygen atoms in total. The molecule has 0 fully saturated rings. The third-order valence-electron chi connectivity index (χ3n) is 3.87. The van der Waals surface area contributed by atoms with Crippen LogP contribution in [0.25, 0.3) is 11.1 Å². The van der Waals surface area contributed by atoms with E-state index in [9.17, 15) is 4.79 Å². The maximum absolute atomic E-state index is 12.4. The smallest absolute Gasteiger partial charge is 0.340 e. The van der Waals surface area contributed by atoms with Crippen LogP contribution >= 0.6 is 0 Å². The summed E-state index contributed by atoms with van der Waals surface area (Å²) in [7, 11) is 0. The van der Waals surface area contributed by atoms with E-state index in [0.29, 0.717) is 18.6 Å². The first-order valence-corrected chi connectivity index (χ1v) is 7.96. The Kier molecular flexibility index (Phi) is 5.02. The fraction of sp³-hybridized carbons (Fsp3) is 0.143. The Morgan fingerprint density at radius 2 is 1.75 bits per heavy atom. The number of aryl methyl sites for hydroxylation is 1. The minimum atomic E-state index is -0.339. The molecule has 0 spiro atoms. The van der Waals surface area contributed by atoms with Gasteiger partial charge in [0.15, 0.2) is 0 Å². The van der Waals surface area contributed by atoms with Crippen LogP contribution in [0.2, 0.25) is 0 Å². The van der Waals surface area contributed by atoms with Gasteiger partial charge in [-0.15, -0.1) is 0 Å². The lowest BCUT2D eigenvalue weighted by Crippen LogP contribution is -2.10. The van der Waals surface area contributed by atoms with Crippen molar-refractivity contribution in [2.45, 2.75) is 13.3 Å². The zero-order valence-electron chi connectivity index (χ0n) is 13.6. The highest BCUT2D eigenvalue weighted by Crippen LogP contribution is 2.23. The largest absolute Gasteiger partial charge is 0.462 e. The van der Waals surface area contributed by atoms with Crippen LogP contribution in [0.3, 0.4) is 0 Å². The highest BCUT2D eigenvalue weighted by Gasteiger charge is 2.14. The second kappa shape index (κ2) is 7.55. The number of carbonyl (C=O) groups is 1. The van der Waals surface area contributed by atoms with Crippen molar-refractivity contribution in [1.29, 1.82) is 0 Å². The normalized spacial score (nSPS) is 10.4. The highest BCUT2D eigenvalue weighted by molar-refractivity contribution is 5.96. The first-order chi connectivity index (χ1) is 11.7. The van der Waals surface area contributed by atoms with Gasteiger partial charge in [-0.2, -0.15) is 0 Å². The van der Waals surface area contributed by atoms with E-state index in [1.807, 2.05) is 36.4 Å². The fourth-order valence-corrected chi connectivity index (χ4v) is 2.52. The van der Waals surface area contributed by atoms with Crippen LogP contribution in [0.4, 0.5) is 0 Å². The van der Waals surface area contributed by atoms with Gasteiger partial charge in [-0.1, -0.05) is 60.2 Å². The molecule has 0 unspecified atom stereocenters. The quantitative estimate of drug-likeness (QED) is 0.652. The van der Waals surface area contributed by atoms with E-state index in [4.69, 9.17) is 4.74 Å². The van der Waals surface area contributed by atoms with Gasteiger partial charge in [0.2, 0.25) is 0 Å². The molecule has 3 rings (SSSR count). The number of benzene rings is 2. The molecule has 3 aromatic rings. The third kappa shape index (κ3) is 3.87. The van der Waals surface area contributed by atoms with E-state index < -0.39 is 0 Å². The van der Waals surface area contributed by atoms with Gasteiger partial charge >= 0.3 is 5.97 Å². The Morgan fingerprint density at radius 1 is 1.00 bits per heavy atom. The lowest BCUT2D eigenvalue weighted by molar-refractivity contribution is 0.0509. The van der Waals surface area contributed by atoms with Gasteiger partial charge in [-0.3, -0.25) is 4.98 Å². The molecule has 120 valence electrons. The number of ether oxygens (including phenoxy) is 1. The van der Waals surface area contributed by atoms with E-state index >= 15 is 0 Å². The minimum absolute atomic E-state index is 0.339. The topological polar surface area (TPSA) is 39.2 Å². The molecule has 0 radical (unpaired) electrons. The summed E-state index contributed by atoms with van der Waals surface area (Å²) in [5.41, 5.74) is 4.69. The van der Waals surface area contributed by atoms with Crippen molar-refractivity contribution in [3.63, 3.8) is 0 Å². The monoisotopic (exact) mass is 317 g/mol. The van der Waals surface area contributed by atoms with Crippen LogP contribution in [0.5, 0.6) is 0 Å². The molecule has 0 aliphatic rings. The number of nitrogens with zero attached hydrogens (tertiary/aromatic N) is 1. The molecular weight excluding hydrogens is 298 g/mol. The van der Waals surface area contributed by atoms with E-state index in [2.05, 4.69) is 36.2 Å². The molecule has 2 aromatic carbocycles. The average molecular weight is 317 g/mol. The maximum atomic E-state index is 12.4. The number of hydrogen-bond donors (Lipinski definition) is 0. The molecule has 1 heterocycles. The van der Waals surface area contributed by atoms with E-state index in [0.717, 1.165) is 16.7 Å². The van der Waals surface area contributed by atoms with E-state index in [-0.39, 0.29) is 5.97 Å². The number of esters is 1. The standard InChI is InChI=1S/C21H19NO2/c1-16-7-9-17(10-8-16)12-14-24-21(23)20-15-22-13-11-19(20)18-5-3-2-4-6-18/h2-11,13,15H,12,14H2,1H3. The maximum Gasteiger partial charge on any atom is 0.340 e. The average Bonchev–Trinajstić information content (AvgIpc) is 2.64. The fourth-order valence-electron chi connectivity index (χ4n) is 2.52. The van der Waals surface area contributed by atoms with Crippen LogP contribution in [0.1, 0.15) is 21.5 Å². The Labute approximate surface area is 142 Å². The molecular formula is C21H19NO2. The van der Waals surface area contributed by atoms with Crippen molar-refractivity contribution < 1.29 is 9.53 Å².